The number of aromatic nitrogens is 1. The molecular formula is C18H23N3O4S. The van der Waals surface area contributed by atoms with E-state index < -0.39 is 10.0 Å². The lowest BCUT2D eigenvalue weighted by Crippen LogP contribution is -2.32. The third-order valence-corrected chi connectivity index (χ3v) is 5.17. The summed E-state index contributed by atoms with van der Waals surface area (Å²) in [6, 6.07) is 8.35. The minimum atomic E-state index is -3.46. The Morgan fingerprint density at radius 2 is 1.81 bits per heavy atom. The molecule has 0 atom stereocenters. The lowest BCUT2D eigenvalue weighted by molar-refractivity contribution is 0.0946. The average Bonchev–Trinajstić information content (AvgIpc) is 3.02. The van der Waals surface area contributed by atoms with Crippen LogP contribution in [-0.4, -0.2) is 31.1 Å². The van der Waals surface area contributed by atoms with Gasteiger partial charge >= 0.3 is 0 Å². The molecule has 0 aliphatic rings. The van der Waals surface area contributed by atoms with E-state index in [1.807, 2.05) is 0 Å². The van der Waals surface area contributed by atoms with E-state index in [1.165, 1.54) is 19.2 Å². The first kappa shape index (κ1) is 19.9. The summed E-state index contributed by atoms with van der Waals surface area (Å²) in [6.07, 6.45) is 1.48. The standard InChI is InChI=1S/C18H23N3O4S/c1-12(2)21-26(24,25)11-15-7-5-4-6-14(15)9-20-18(23)17-8-16(10-19-17)13(3)22/h4-8,10,12,19,21H,9,11H2,1-3H3,(H,20,23). The van der Waals surface area contributed by atoms with Gasteiger partial charge in [0.15, 0.2) is 5.78 Å². The zero-order valence-electron chi connectivity index (χ0n) is 15.0. The number of carbonyl (C=O) groups excluding carboxylic acids is 2. The van der Waals surface area contributed by atoms with Gasteiger partial charge in [0.05, 0.1) is 5.75 Å². The zero-order chi connectivity index (χ0) is 19.3. The molecule has 2 aromatic rings. The van der Waals surface area contributed by atoms with Crippen molar-refractivity contribution in [3.8, 4) is 0 Å². The molecule has 1 heterocycles. The number of benzene rings is 1. The lowest BCUT2D eigenvalue weighted by atomic mass is 10.1. The minimum Gasteiger partial charge on any atom is -0.356 e. The second-order valence-corrected chi connectivity index (χ2v) is 8.10. The summed E-state index contributed by atoms with van der Waals surface area (Å²) in [5, 5.41) is 2.74. The number of Topliss-reactive ketones (excluding diaryl/α,β-unsaturated/α-hetero) is 1. The predicted molar refractivity (Wildman–Crippen MR) is 99.3 cm³/mol. The Balaban J connectivity index is 2.08. The summed E-state index contributed by atoms with van der Waals surface area (Å²) < 4.78 is 26.9. The van der Waals surface area contributed by atoms with Crippen LogP contribution in [0.4, 0.5) is 0 Å². The van der Waals surface area contributed by atoms with Gasteiger partial charge in [0.1, 0.15) is 5.69 Å². The quantitative estimate of drug-likeness (QED) is 0.611. The van der Waals surface area contributed by atoms with Crippen LogP contribution in [0.1, 0.15) is 52.7 Å². The van der Waals surface area contributed by atoms with Crippen LogP contribution in [0.5, 0.6) is 0 Å². The number of hydrogen-bond acceptors (Lipinski definition) is 4. The molecular weight excluding hydrogens is 354 g/mol. The second kappa shape index (κ2) is 8.29. The third-order valence-electron chi connectivity index (χ3n) is 3.65. The van der Waals surface area contributed by atoms with Gasteiger partial charge in [-0.1, -0.05) is 24.3 Å². The fourth-order valence-corrected chi connectivity index (χ4v) is 3.97. The van der Waals surface area contributed by atoms with Crippen LogP contribution in [0.25, 0.3) is 0 Å². The Hall–Kier alpha value is -2.45. The van der Waals surface area contributed by atoms with Crippen molar-refractivity contribution in [1.82, 2.24) is 15.0 Å². The molecule has 2 rings (SSSR count). The Labute approximate surface area is 153 Å². The monoisotopic (exact) mass is 377 g/mol. The largest absolute Gasteiger partial charge is 0.356 e. The van der Waals surface area contributed by atoms with Crippen LogP contribution in [0.3, 0.4) is 0 Å². The highest BCUT2D eigenvalue weighted by molar-refractivity contribution is 7.88. The summed E-state index contributed by atoms with van der Waals surface area (Å²) in [4.78, 5) is 26.3. The summed E-state index contributed by atoms with van der Waals surface area (Å²) in [5.74, 6) is -0.655. The van der Waals surface area contributed by atoms with Crippen molar-refractivity contribution in [2.75, 3.05) is 0 Å². The number of H-pyrrole nitrogens is 1. The van der Waals surface area contributed by atoms with Gasteiger partial charge < -0.3 is 10.3 Å². The minimum absolute atomic E-state index is 0.131. The summed E-state index contributed by atoms with van der Waals surface area (Å²) in [6.45, 7) is 5.12. The molecule has 26 heavy (non-hydrogen) atoms. The smallest absolute Gasteiger partial charge is 0.267 e. The number of carbonyl (C=O) groups is 2. The number of sulfonamides is 1. The number of ketones is 1. The van der Waals surface area contributed by atoms with Gasteiger partial charge in [-0.15, -0.1) is 0 Å². The molecule has 3 N–H and O–H groups in total. The van der Waals surface area contributed by atoms with Gasteiger partial charge in [-0.3, -0.25) is 9.59 Å². The Kier molecular flexibility index (Phi) is 6.33. The SMILES string of the molecule is CC(=O)c1c[nH]c(C(=O)NCc2ccccc2CS(=O)(=O)NC(C)C)c1. The number of hydrogen-bond donors (Lipinski definition) is 3. The van der Waals surface area contributed by atoms with E-state index in [0.717, 1.165) is 0 Å². The lowest BCUT2D eigenvalue weighted by Gasteiger charge is -2.13. The molecule has 0 saturated carbocycles. The van der Waals surface area contributed by atoms with E-state index >= 15 is 0 Å². The number of rotatable bonds is 8. The van der Waals surface area contributed by atoms with Crippen LogP contribution in [0.15, 0.2) is 36.5 Å². The van der Waals surface area contributed by atoms with Gasteiger partial charge in [-0.05, 0) is 38.0 Å². The Morgan fingerprint density at radius 3 is 2.38 bits per heavy atom. The maximum atomic E-state index is 12.2. The molecule has 0 aliphatic heterocycles. The number of nitrogens with one attached hydrogen (secondary N) is 3. The highest BCUT2D eigenvalue weighted by Gasteiger charge is 2.16. The fourth-order valence-electron chi connectivity index (χ4n) is 2.48. The first-order valence-corrected chi connectivity index (χ1v) is 9.87. The fraction of sp³-hybridized carbons (Fsp3) is 0.333. The van der Waals surface area contributed by atoms with Crippen LogP contribution in [0, 0.1) is 0 Å². The first-order valence-electron chi connectivity index (χ1n) is 8.22. The average molecular weight is 377 g/mol. The first-order chi connectivity index (χ1) is 12.2. The van der Waals surface area contributed by atoms with Crippen molar-refractivity contribution in [2.24, 2.45) is 0 Å². The van der Waals surface area contributed by atoms with E-state index in [2.05, 4.69) is 15.0 Å². The van der Waals surface area contributed by atoms with Gasteiger partial charge in [-0.2, -0.15) is 0 Å². The van der Waals surface area contributed by atoms with Crippen molar-refractivity contribution in [3.05, 3.63) is 58.9 Å². The molecule has 0 radical (unpaired) electrons. The van der Waals surface area contributed by atoms with Gasteiger partial charge in [0, 0.05) is 24.3 Å². The van der Waals surface area contributed by atoms with E-state index in [1.54, 1.807) is 38.1 Å². The van der Waals surface area contributed by atoms with E-state index in [0.29, 0.717) is 16.7 Å². The summed E-state index contributed by atoms with van der Waals surface area (Å²) in [5.41, 5.74) is 2.05. The zero-order valence-corrected chi connectivity index (χ0v) is 15.8. The van der Waals surface area contributed by atoms with E-state index in [9.17, 15) is 18.0 Å². The summed E-state index contributed by atoms with van der Waals surface area (Å²) in [7, 11) is -3.46. The predicted octanol–water partition coefficient (Wildman–Crippen LogP) is 1.98. The molecule has 0 spiro atoms. The second-order valence-electron chi connectivity index (χ2n) is 6.34. The normalized spacial score (nSPS) is 11.5. The molecule has 140 valence electrons. The molecule has 1 amide bonds. The maximum absolute atomic E-state index is 12.2. The Bertz CT molecular complexity index is 901. The molecule has 8 heteroatoms. The Morgan fingerprint density at radius 1 is 1.15 bits per heavy atom. The van der Waals surface area contributed by atoms with Crippen LogP contribution in [-0.2, 0) is 22.3 Å². The maximum Gasteiger partial charge on any atom is 0.267 e. The molecule has 7 nitrogen and oxygen atoms in total. The molecule has 0 saturated heterocycles. The highest BCUT2D eigenvalue weighted by atomic mass is 32.2. The topological polar surface area (TPSA) is 108 Å². The van der Waals surface area contributed by atoms with Crippen LogP contribution < -0.4 is 10.0 Å². The molecule has 0 aliphatic carbocycles. The van der Waals surface area contributed by atoms with E-state index in [-0.39, 0.29) is 35.7 Å². The van der Waals surface area contributed by atoms with Crippen molar-refractivity contribution in [2.45, 2.75) is 39.1 Å². The molecule has 0 unspecified atom stereocenters. The van der Waals surface area contributed by atoms with Crippen molar-refractivity contribution in [3.63, 3.8) is 0 Å². The van der Waals surface area contributed by atoms with Crippen molar-refractivity contribution >= 4 is 21.7 Å². The highest BCUT2D eigenvalue weighted by Crippen LogP contribution is 2.13. The molecule has 0 fully saturated rings. The number of aromatic amines is 1. The molecule has 1 aromatic carbocycles. The van der Waals surface area contributed by atoms with Crippen molar-refractivity contribution < 1.29 is 18.0 Å². The van der Waals surface area contributed by atoms with Crippen LogP contribution >= 0.6 is 0 Å². The number of amides is 1. The van der Waals surface area contributed by atoms with Gasteiger partial charge in [-0.25, -0.2) is 13.1 Å². The summed E-state index contributed by atoms with van der Waals surface area (Å²) >= 11 is 0. The van der Waals surface area contributed by atoms with E-state index in [4.69, 9.17) is 0 Å². The molecule has 1 aromatic heterocycles. The third kappa shape index (κ3) is 5.53. The molecule has 0 bridgehead atoms. The van der Waals surface area contributed by atoms with Gasteiger partial charge in [0.2, 0.25) is 10.0 Å². The van der Waals surface area contributed by atoms with Crippen molar-refractivity contribution in [1.29, 1.82) is 0 Å². The van der Waals surface area contributed by atoms with Gasteiger partial charge in [0.25, 0.3) is 5.91 Å². The van der Waals surface area contributed by atoms with Crippen LogP contribution in [0.2, 0.25) is 0 Å².